The molecule has 0 saturated carbocycles. The fourth-order valence-corrected chi connectivity index (χ4v) is 9.09. The quantitative estimate of drug-likeness (QED) is 0.0935. The minimum absolute atomic E-state index is 0.0545. The van der Waals surface area contributed by atoms with Gasteiger partial charge in [-0.25, -0.2) is 8.42 Å². The number of hydrogen-bond acceptors (Lipinski definition) is 11. The number of rotatable bonds is 20. The molecule has 1 aliphatic rings. The third-order valence-electron chi connectivity index (χ3n) is 9.87. The topological polar surface area (TPSA) is 200 Å². The zero-order chi connectivity index (χ0) is 37.1. The molecule has 0 saturated heterocycles. The molecule has 2 aromatic carbocycles. The van der Waals surface area contributed by atoms with Gasteiger partial charge in [-0.15, -0.1) is 0 Å². The molecule has 6 unspecified atom stereocenters. The predicted molar refractivity (Wildman–Crippen MR) is 195 cm³/mol. The van der Waals surface area contributed by atoms with E-state index in [9.17, 15) is 38.7 Å². The van der Waals surface area contributed by atoms with Crippen LogP contribution < -0.4 is 15.5 Å². The molecule has 50 heavy (non-hydrogen) atoms. The third-order valence-corrected chi connectivity index (χ3v) is 11.9. The molecule has 0 spiro atoms. The highest BCUT2D eigenvalue weighted by atomic mass is 32.2. The molecule has 1 amide bonds. The van der Waals surface area contributed by atoms with E-state index in [1.54, 1.807) is 18.2 Å². The number of sulfone groups is 1. The molecule has 12 nitrogen and oxygen atoms in total. The zero-order valence-corrected chi connectivity index (χ0v) is 30.8. The van der Waals surface area contributed by atoms with E-state index in [1.165, 1.54) is 0 Å². The molecule has 0 aliphatic carbocycles. The Hall–Kier alpha value is -2.62. The number of carbonyl (C=O) groups excluding carboxylic acids is 1. The molecule has 1 heterocycles. The van der Waals surface area contributed by atoms with Crippen LogP contribution in [0.4, 0.5) is 11.4 Å². The molecule has 1 aliphatic heterocycles. The van der Waals surface area contributed by atoms with E-state index in [0.717, 1.165) is 36.9 Å². The molecule has 0 aromatic heterocycles. The van der Waals surface area contributed by atoms with Gasteiger partial charge in [-0.2, -0.15) is 0 Å². The van der Waals surface area contributed by atoms with E-state index >= 15 is 0 Å². The van der Waals surface area contributed by atoms with Crippen molar-refractivity contribution in [3.8, 4) is 0 Å². The summed E-state index contributed by atoms with van der Waals surface area (Å²) in [6.07, 6.45) is -1.35. The lowest BCUT2D eigenvalue weighted by atomic mass is 9.68. The number of carbonyl (C=O) groups is 1. The van der Waals surface area contributed by atoms with E-state index in [2.05, 4.69) is 24.5 Å². The molecule has 0 fully saturated rings. The molecule has 0 radical (unpaired) electrons. The van der Waals surface area contributed by atoms with E-state index in [4.69, 9.17) is 5.11 Å². The highest BCUT2D eigenvalue weighted by Crippen LogP contribution is 2.50. The molecule has 6 atom stereocenters. The molecule has 0 bridgehead atoms. The first-order valence-corrected chi connectivity index (χ1v) is 19.5. The highest BCUT2D eigenvalue weighted by Gasteiger charge is 2.49. The van der Waals surface area contributed by atoms with Gasteiger partial charge < -0.3 is 46.2 Å². The van der Waals surface area contributed by atoms with Gasteiger partial charge in [0, 0.05) is 49.8 Å². The smallest absolute Gasteiger partial charge is 0.224 e. The number of amides is 1. The molecule has 13 heteroatoms. The van der Waals surface area contributed by atoms with Crippen LogP contribution in [0.25, 0.3) is 0 Å². The monoisotopic (exact) mass is 721 g/mol. The highest BCUT2D eigenvalue weighted by molar-refractivity contribution is 7.91. The maximum atomic E-state index is 14.1. The summed E-state index contributed by atoms with van der Waals surface area (Å²) in [5.41, 5.74) is 1.82. The van der Waals surface area contributed by atoms with Gasteiger partial charge >= 0.3 is 0 Å². The summed E-state index contributed by atoms with van der Waals surface area (Å²) in [6, 6.07) is 12.6. The Labute approximate surface area is 297 Å². The van der Waals surface area contributed by atoms with Crippen molar-refractivity contribution in [2.75, 3.05) is 49.8 Å². The second-order valence-corrected chi connectivity index (χ2v) is 16.0. The number of aliphatic hydroxyl groups is 6. The summed E-state index contributed by atoms with van der Waals surface area (Å²) >= 11 is 0. The van der Waals surface area contributed by atoms with Crippen molar-refractivity contribution in [1.29, 1.82) is 0 Å². The number of fused-ring (bicyclic) bond motifs is 1. The van der Waals surface area contributed by atoms with Crippen molar-refractivity contribution in [3.05, 3.63) is 53.6 Å². The van der Waals surface area contributed by atoms with Crippen LogP contribution in [0.2, 0.25) is 0 Å². The van der Waals surface area contributed by atoms with Gasteiger partial charge in [-0.3, -0.25) is 4.79 Å². The molecule has 2 aromatic rings. The zero-order valence-electron chi connectivity index (χ0n) is 30.0. The summed E-state index contributed by atoms with van der Waals surface area (Å²) in [4.78, 5) is 15.1. The Bertz CT molecular complexity index is 1460. The van der Waals surface area contributed by atoms with Crippen LogP contribution in [-0.4, -0.2) is 115 Å². The first-order valence-electron chi connectivity index (χ1n) is 17.9. The van der Waals surface area contributed by atoms with Crippen LogP contribution in [0.5, 0.6) is 0 Å². The van der Waals surface area contributed by atoms with Crippen molar-refractivity contribution < 1.29 is 43.9 Å². The standard InChI is InChI=1S/C37H59N3O9S/c1-5-7-17-37(18-8-6-2)24-50(48,49)31-16-15-27(40(3)4)21-28(31)33(36(37)47)25-12-11-13-26(20-25)39-32(44)14-9-10-19-38-22-29(42)34(45)35(46)30(43)23-41/h11-13,15-16,20-21,29-30,33-36,38,41-43,45-47H,5-10,14,17-19,22-24H2,1-4H3,(H,39,44). The van der Waals surface area contributed by atoms with E-state index in [-0.39, 0.29) is 29.5 Å². The van der Waals surface area contributed by atoms with Crippen molar-refractivity contribution >= 4 is 27.1 Å². The van der Waals surface area contributed by atoms with Gasteiger partial charge in [0.1, 0.15) is 18.3 Å². The Kier molecular flexibility index (Phi) is 16.1. The summed E-state index contributed by atoms with van der Waals surface area (Å²) in [6.45, 7) is 3.77. The van der Waals surface area contributed by atoms with E-state index in [0.29, 0.717) is 43.5 Å². The number of nitrogens with zero attached hydrogens (tertiary/aromatic N) is 1. The first kappa shape index (κ1) is 41.8. The van der Waals surface area contributed by atoms with Crippen molar-refractivity contribution in [2.24, 2.45) is 5.41 Å². The second kappa shape index (κ2) is 19.3. The third kappa shape index (κ3) is 10.7. The molecular weight excluding hydrogens is 662 g/mol. The van der Waals surface area contributed by atoms with Crippen LogP contribution in [0, 0.1) is 5.41 Å². The summed E-state index contributed by atoms with van der Waals surface area (Å²) < 4.78 is 28.2. The Morgan fingerprint density at radius 3 is 2.22 bits per heavy atom. The predicted octanol–water partition coefficient (Wildman–Crippen LogP) is 2.53. The van der Waals surface area contributed by atoms with Crippen molar-refractivity contribution in [3.63, 3.8) is 0 Å². The van der Waals surface area contributed by atoms with Crippen LogP contribution in [-0.2, 0) is 14.6 Å². The van der Waals surface area contributed by atoms with Crippen LogP contribution in [0.3, 0.4) is 0 Å². The maximum Gasteiger partial charge on any atom is 0.224 e. The maximum absolute atomic E-state index is 14.1. The van der Waals surface area contributed by atoms with E-state index in [1.807, 2.05) is 43.3 Å². The molecular formula is C37H59N3O9S. The summed E-state index contributed by atoms with van der Waals surface area (Å²) in [7, 11) is 0.0475. The number of hydrogen-bond donors (Lipinski definition) is 8. The molecule has 282 valence electrons. The lowest BCUT2D eigenvalue weighted by Crippen LogP contribution is -2.49. The van der Waals surface area contributed by atoms with Gasteiger partial charge in [-0.05, 0) is 73.7 Å². The normalized spacial score (nSPS) is 20.6. The molecule has 8 N–H and O–H groups in total. The summed E-state index contributed by atoms with van der Waals surface area (Å²) in [5, 5.41) is 66.4. The second-order valence-electron chi connectivity index (χ2n) is 14.0. The largest absolute Gasteiger partial charge is 0.394 e. The number of nitrogens with one attached hydrogen (secondary N) is 2. The number of anilines is 2. The van der Waals surface area contributed by atoms with Gasteiger partial charge in [0.05, 0.1) is 29.5 Å². The Morgan fingerprint density at radius 1 is 0.940 bits per heavy atom. The van der Waals surface area contributed by atoms with Crippen molar-refractivity contribution in [2.45, 2.75) is 113 Å². The van der Waals surface area contributed by atoms with Gasteiger partial charge in [0.25, 0.3) is 0 Å². The lowest BCUT2D eigenvalue weighted by Gasteiger charge is -2.40. The van der Waals surface area contributed by atoms with Crippen LogP contribution >= 0.6 is 0 Å². The first-order chi connectivity index (χ1) is 23.7. The SMILES string of the molecule is CCCCC1(CCCC)CS(=O)(=O)c2ccc(N(C)C)cc2C(c2cccc(NC(=O)CCCCNCC(O)C(O)C(O)C(O)CO)c2)C1O. The van der Waals surface area contributed by atoms with Gasteiger partial charge in [-0.1, -0.05) is 51.7 Å². The fourth-order valence-electron chi connectivity index (χ4n) is 6.89. The lowest BCUT2D eigenvalue weighted by molar-refractivity contribution is -0.116. The number of unbranched alkanes of at least 4 members (excludes halogenated alkanes) is 3. The van der Waals surface area contributed by atoms with Crippen LogP contribution in [0.15, 0.2) is 47.4 Å². The average molecular weight is 722 g/mol. The van der Waals surface area contributed by atoms with Crippen LogP contribution in [0.1, 0.15) is 88.7 Å². The minimum Gasteiger partial charge on any atom is -0.394 e. The van der Waals surface area contributed by atoms with Crippen molar-refractivity contribution in [1.82, 2.24) is 5.32 Å². The Balaban J connectivity index is 1.78. The minimum atomic E-state index is -3.74. The van der Waals surface area contributed by atoms with Gasteiger partial charge in [0.2, 0.25) is 5.91 Å². The average Bonchev–Trinajstić information content (AvgIpc) is 3.16. The number of aliphatic hydroxyl groups excluding tert-OH is 6. The Morgan fingerprint density at radius 2 is 1.60 bits per heavy atom. The fraction of sp³-hybridized carbons (Fsp3) is 0.649. The summed E-state index contributed by atoms with van der Waals surface area (Å²) in [5.74, 6) is -0.968. The van der Waals surface area contributed by atoms with E-state index < -0.39 is 58.3 Å². The van der Waals surface area contributed by atoms with Gasteiger partial charge in [0.15, 0.2) is 9.84 Å². The number of benzene rings is 2. The molecule has 3 rings (SSSR count).